The van der Waals surface area contributed by atoms with Gasteiger partial charge in [0.05, 0.1) is 0 Å². The summed E-state index contributed by atoms with van der Waals surface area (Å²) in [6.45, 7) is 10.1. The predicted molar refractivity (Wildman–Crippen MR) is 77.3 cm³/mol. The fraction of sp³-hybridized carbons (Fsp3) is 0.438. The second-order valence-electron chi connectivity index (χ2n) is 4.54. The van der Waals surface area contributed by atoms with E-state index in [0.29, 0.717) is 5.92 Å². The largest absolute Gasteiger partial charge is 0.259 e. The summed E-state index contributed by atoms with van der Waals surface area (Å²) >= 11 is 0. The Morgan fingerprint density at radius 1 is 1.59 bits per heavy atom. The van der Waals surface area contributed by atoms with Gasteiger partial charge in [-0.2, -0.15) is 0 Å². The Kier molecular flexibility index (Phi) is 5.68. The molecular weight excluding hydrogens is 206 g/mol. The summed E-state index contributed by atoms with van der Waals surface area (Å²) in [6.07, 6.45) is 13.9. The molecule has 0 aromatic rings. The van der Waals surface area contributed by atoms with Crippen LogP contribution in [0.2, 0.25) is 0 Å². The molecule has 92 valence electrons. The van der Waals surface area contributed by atoms with Crippen LogP contribution in [-0.4, -0.2) is 5.71 Å². The summed E-state index contributed by atoms with van der Waals surface area (Å²) in [4.78, 5) is 4.54. The first kappa shape index (κ1) is 13.7. The van der Waals surface area contributed by atoms with Crippen molar-refractivity contribution in [1.82, 2.24) is 0 Å². The van der Waals surface area contributed by atoms with Crippen molar-refractivity contribution < 1.29 is 0 Å². The Bertz CT molecular complexity index is 380. The van der Waals surface area contributed by atoms with Gasteiger partial charge in [-0.25, -0.2) is 0 Å². The van der Waals surface area contributed by atoms with Gasteiger partial charge in [-0.15, -0.1) is 0 Å². The summed E-state index contributed by atoms with van der Waals surface area (Å²) in [6, 6.07) is 0. The lowest BCUT2D eigenvalue weighted by atomic mass is 9.90. The molecule has 0 saturated heterocycles. The maximum Gasteiger partial charge on any atom is 0.0369 e. The second-order valence-corrected chi connectivity index (χ2v) is 4.54. The van der Waals surface area contributed by atoms with E-state index in [1.165, 1.54) is 6.42 Å². The summed E-state index contributed by atoms with van der Waals surface area (Å²) in [5.74, 6) is 0.683. The van der Waals surface area contributed by atoms with Crippen LogP contribution in [0.25, 0.3) is 0 Å². The molecule has 0 heterocycles. The zero-order valence-corrected chi connectivity index (χ0v) is 11.2. The molecule has 0 radical (unpaired) electrons. The molecule has 1 heteroatoms. The van der Waals surface area contributed by atoms with Crippen LogP contribution in [0.1, 0.15) is 40.0 Å². The van der Waals surface area contributed by atoms with Gasteiger partial charge < -0.3 is 0 Å². The van der Waals surface area contributed by atoms with Crippen molar-refractivity contribution in [2.24, 2.45) is 10.9 Å². The van der Waals surface area contributed by atoms with Crippen molar-refractivity contribution in [1.29, 1.82) is 0 Å². The lowest BCUT2D eigenvalue weighted by Gasteiger charge is -2.17. The highest BCUT2D eigenvalue weighted by Crippen LogP contribution is 2.25. The molecule has 0 fully saturated rings. The summed E-state index contributed by atoms with van der Waals surface area (Å²) in [7, 11) is 0. The predicted octanol–water partition coefficient (Wildman–Crippen LogP) is 4.84. The molecule has 0 aromatic heterocycles. The molecule has 1 unspecified atom stereocenters. The van der Waals surface area contributed by atoms with E-state index < -0.39 is 0 Å². The first-order valence-electron chi connectivity index (χ1n) is 6.36. The maximum absolute atomic E-state index is 4.54. The number of rotatable bonds is 5. The first-order valence-corrected chi connectivity index (χ1v) is 6.36. The topological polar surface area (TPSA) is 12.4 Å². The molecule has 0 spiro atoms. The van der Waals surface area contributed by atoms with Gasteiger partial charge in [0.15, 0.2) is 0 Å². The first-order chi connectivity index (χ1) is 8.17. The van der Waals surface area contributed by atoms with Crippen molar-refractivity contribution in [3.05, 3.63) is 48.2 Å². The Balaban J connectivity index is 2.57. The highest BCUT2D eigenvalue weighted by Gasteiger charge is 2.09. The third-order valence-electron chi connectivity index (χ3n) is 3.19. The van der Waals surface area contributed by atoms with E-state index in [-0.39, 0.29) is 0 Å². The van der Waals surface area contributed by atoms with Crippen LogP contribution < -0.4 is 0 Å². The van der Waals surface area contributed by atoms with Crippen molar-refractivity contribution in [3.8, 4) is 0 Å². The fourth-order valence-corrected chi connectivity index (χ4v) is 1.93. The van der Waals surface area contributed by atoms with E-state index in [0.717, 1.165) is 24.3 Å². The van der Waals surface area contributed by atoms with Crippen LogP contribution in [0.4, 0.5) is 0 Å². The number of hydrogen-bond acceptors (Lipinski definition) is 1. The molecule has 1 aliphatic rings. The Labute approximate surface area is 105 Å². The van der Waals surface area contributed by atoms with Gasteiger partial charge in [0, 0.05) is 11.4 Å². The van der Waals surface area contributed by atoms with E-state index in [4.69, 9.17) is 0 Å². The van der Waals surface area contributed by atoms with Gasteiger partial charge in [-0.3, -0.25) is 4.99 Å². The highest BCUT2D eigenvalue weighted by atomic mass is 14.7. The average molecular weight is 229 g/mol. The summed E-state index contributed by atoms with van der Waals surface area (Å²) in [5, 5.41) is 0. The second kappa shape index (κ2) is 7.05. The molecule has 0 aromatic carbocycles. The van der Waals surface area contributed by atoms with E-state index in [1.807, 2.05) is 13.8 Å². The molecule has 0 bridgehead atoms. The van der Waals surface area contributed by atoms with Crippen LogP contribution in [0.5, 0.6) is 0 Å². The molecule has 0 aliphatic heterocycles. The van der Waals surface area contributed by atoms with Crippen LogP contribution in [0, 0.1) is 5.92 Å². The van der Waals surface area contributed by atoms with Crippen molar-refractivity contribution in [3.63, 3.8) is 0 Å². The highest BCUT2D eigenvalue weighted by molar-refractivity contribution is 5.92. The van der Waals surface area contributed by atoms with Gasteiger partial charge >= 0.3 is 0 Å². The van der Waals surface area contributed by atoms with Gasteiger partial charge in [0.1, 0.15) is 0 Å². The summed E-state index contributed by atoms with van der Waals surface area (Å²) in [5.41, 5.74) is 3.69. The minimum atomic E-state index is 0.683. The van der Waals surface area contributed by atoms with E-state index in [1.54, 1.807) is 11.6 Å². The number of aliphatic imine (C=N–C) groups is 1. The van der Waals surface area contributed by atoms with Crippen molar-refractivity contribution in [2.75, 3.05) is 0 Å². The molecule has 0 N–H and O–H groups in total. The monoisotopic (exact) mass is 229 g/mol. The molecule has 0 amide bonds. The fourth-order valence-electron chi connectivity index (χ4n) is 1.93. The average Bonchev–Trinajstić information content (AvgIpc) is 2.35. The zero-order valence-electron chi connectivity index (χ0n) is 11.2. The SMILES string of the molecule is C=C/C(C)=N/C(=C\C)CCC1=CC=CCC1C. The lowest BCUT2D eigenvalue weighted by molar-refractivity contribution is 0.644. The van der Waals surface area contributed by atoms with E-state index in [9.17, 15) is 0 Å². The van der Waals surface area contributed by atoms with Crippen LogP contribution >= 0.6 is 0 Å². The smallest absolute Gasteiger partial charge is 0.0369 e. The quantitative estimate of drug-likeness (QED) is 0.598. The molecule has 1 nitrogen and oxygen atoms in total. The van der Waals surface area contributed by atoms with Crippen molar-refractivity contribution in [2.45, 2.75) is 40.0 Å². The lowest BCUT2D eigenvalue weighted by Crippen LogP contribution is -2.01. The molecular formula is C16H23N. The van der Waals surface area contributed by atoms with Gasteiger partial charge in [-0.1, -0.05) is 43.4 Å². The zero-order chi connectivity index (χ0) is 12.7. The van der Waals surface area contributed by atoms with Gasteiger partial charge in [0.2, 0.25) is 0 Å². The van der Waals surface area contributed by atoms with E-state index >= 15 is 0 Å². The van der Waals surface area contributed by atoms with Gasteiger partial charge in [-0.05, 0) is 45.1 Å². The standard InChI is InChI=1S/C16H23N/c1-5-14(4)17-16(6-2)12-11-15-10-8-7-9-13(15)3/h5-8,10,13H,1,9,11-12H2,2-4H3/b16-6-,17-14+. The third-order valence-corrected chi connectivity index (χ3v) is 3.19. The molecule has 1 rings (SSSR count). The van der Waals surface area contributed by atoms with Crippen molar-refractivity contribution >= 4 is 5.71 Å². The molecule has 1 aliphatic carbocycles. The number of hydrogen-bond donors (Lipinski definition) is 0. The third kappa shape index (κ3) is 4.56. The minimum absolute atomic E-state index is 0.683. The Hall–Kier alpha value is -1.37. The van der Waals surface area contributed by atoms with Crippen LogP contribution in [0.3, 0.4) is 0 Å². The van der Waals surface area contributed by atoms with Crippen LogP contribution in [-0.2, 0) is 0 Å². The van der Waals surface area contributed by atoms with E-state index in [2.05, 4.69) is 42.8 Å². The normalized spacial score (nSPS) is 21.4. The Morgan fingerprint density at radius 3 is 2.94 bits per heavy atom. The maximum atomic E-state index is 4.54. The summed E-state index contributed by atoms with van der Waals surface area (Å²) < 4.78 is 0. The molecule has 1 atom stereocenters. The Morgan fingerprint density at radius 2 is 2.35 bits per heavy atom. The minimum Gasteiger partial charge on any atom is -0.259 e. The molecule has 17 heavy (non-hydrogen) atoms. The number of nitrogens with zero attached hydrogens (tertiary/aromatic N) is 1. The van der Waals surface area contributed by atoms with Crippen LogP contribution in [0.15, 0.2) is 53.2 Å². The molecule has 0 saturated carbocycles. The number of allylic oxidation sites excluding steroid dienone is 7. The van der Waals surface area contributed by atoms with Gasteiger partial charge in [0.25, 0.3) is 0 Å².